The van der Waals surface area contributed by atoms with Crippen LogP contribution in [0.5, 0.6) is 0 Å². The third-order valence-electron chi connectivity index (χ3n) is 2.32. The number of ether oxygens (including phenoxy) is 1. The predicted octanol–water partition coefficient (Wildman–Crippen LogP) is 0.932. The average Bonchev–Trinajstić information content (AvgIpc) is 2.81. The first-order valence-electron chi connectivity index (χ1n) is 5.77. The lowest BCUT2D eigenvalue weighted by Gasteiger charge is -2.13. The van der Waals surface area contributed by atoms with Gasteiger partial charge < -0.3 is 15.2 Å². The molecule has 1 amide bonds. The Morgan fingerprint density at radius 1 is 1.61 bits per heavy atom. The summed E-state index contributed by atoms with van der Waals surface area (Å²) in [5.74, 6) is -1.11. The van der Waals surface area contributed by atoms with Crippen molar-refractivity contribution in [1.29, 1.82) is 0 Å². The van der Waals surface area contributed by atoms with Crippen molar-refractivity contribution in [3.8, 4) is 0 Å². The van der Waals surface area contributed by atoms with Gasteiger partial charge in [0.25, 0.3) is 0 Å². The van der Waals surface area contributed by atoms with E-state index in [-0.39, 0.29) is 6.42 Å². The third kappa shape index (κ3) is 4.86. The van der Waals surface area contributed by atoms with Gasteiger partial charge in [0, 0.05) is 12.6 Å². The Labute approximate surface area is 105 Å². The van der Waals surface area contributed by atoms with Gasteiger partial charge in [-0.15, -0.1) is 0 Å². The number of alkyl carbamates (subject to hydrolysis) is 1. The van der Waals surface area contributed by atoms with Gasteiger partial charge in [0.2, 0.25) is 0 Å². The van der Waals surface area contributed by atoms with Crippen molar-refractivity contribution in [3.05, 3.63) is 18.0 Å². The van der Waals surface area contributed by atoms with Crippen LogP contribution >= 0.6 is 0 Å². The number of aliphatic carboxylic acids is 1. The monoisotopic (exact) mass is 255 g/mol. The van der Waals surface area contributed by atoms with E-state index in [9.17, 15) is 9.59 Å². The number of rotatable bonds is 7. The molecule has 0 saturated heterocycles. The van der Waals surface area contributed by atoms with Crippen molar-refractivity contribution in [2.24, 2.45) is 0 Å². The molecule has 0 fully saturated rings. The van der Waals surface area contributed by atoms with Gasteiger partial charge in [-0.3, -0.25) is 5.10 Å². The van der Waals surface area contributed by atoms with E-state index >= 15 is 0 Å². The van der Waals surface area contributed by atoms with Gasteiger partial charge in [0.05, 0.1) is 12.8 Å². The molecule has 3 N–H and O–H groups in total. The number of aromatic amines is 1. The van der Waals surface area contributed by atoms with Crippen LogP contribution < -0.4 is 5.32 Å². The second kappa shape index (κ2) is 7.31. The minimum absolute atomic E-state index is 0.161. The molecule has 0 bridgehead atoms. The molecule has 7 nitrogen and oxygen atoms in total. The van der Waals surface area contributed by atoms with Gasteiger partial charge in [-0.2, -0.15) is 5.10 Å². The van der Waals surface area contributed by atoms with E-state index < -0.39 is 18.1 Å². The fourth-order valence-corrected chi connectivity index (χ4v) is 1.32. The minimum Gasteiger partial charge on any atom is -0.480 e. The number of nitrogens with zero attached hydrogens (tertiary/aromatic N) is 1. The first kappa shape index (κ1) is 14.0. The number of amides is 1. The molecule has 0 saturated carbocycles. The smallest absolute Gasteiger partial charge is 0.407 e. The van der Waals surface area contributed by atoms with Gasteiger partial charge in [0.1, 0.15) is 6.04 Å². The van der Waals surface area contributed by atoms with Crippen molar-refractivity contribution in [3.63, 3.8) is 0 Å². The lowest BCUT2D eigenvalue weighted by atomic mass is 10.1. The van der Waals surface area contributed by atoms with E-state index in [1.54, 1.807) is 6.20 Å². The summed E-state index contributed by atoms with van der Waals surface area (Å²) < 4.78 is 4.85. The van der Waals surface area contributed by atoms with Crippen LogP contribution in [0.1, 0.15) is 25.3 Å². The lowest BCUT2D eigenvalue weighted by Crippen LogP contribution is -2.42. The Bertz CT molecular complexity index is 378. The molecule has 1 unspecified atom stereocenters. The number of carbonyl (C=O) groups is 2. The molecule has 1 heterocycles. The number of carboxylic acid groups (broad SMARTS) is 1. The SMILES string of the molecule is CCCCOC(=O)NC(Cc1cn[nH]c1)C(=O)O. The largest absolute Gasteiger partial charge is 0.480 e. The maximum Gasteiger partial charge on any atom is 0.407 e. The Kier molecular flexibility index (Phi) is 5.69. The quantitative estimate of drug-likeness (QED) is 0.629. The van der Waals surface area contributed by atoms with E-state index in [2.05, 4.69) is 15.5 Å². The van der Waals surface area contributed by atoms with Crippen LogP contribution in [-0.4, -0.2) is 40.0 Å². The molecule has 1 atom stereocenters. The molecule has 0 aliphatic carbocycles. The number of H-pyrrole nitrogens is 1. The Morgan fingerprint density at radius 2 is 2.39 bits per heavy atom. The van der Waals surface area contributed by atoms with Crippen molar-refractivity contribution in [2.75, 3.05) is 6.61 Å². The van der Waals surface area contributed by atoms with Crippen LogP contribution in [0, 0.1) is 0 Å². The van der Waals surface area contributed by atoms with Gasteiger partial charge in [0.15, 0.2) is 0 Å². The third-order valence-corrected chi connectivity index (χ3v) is 2.32. The summed E-state index contributed by atoms with van der Waals surface area (Å²) in [7, 11) is 0. The highest BCUT2D eigenvalue weighted by molar-refractivity contribution is 5.80. The van der Waals surface area contributed by atoms with Crippen LogP contribution in [0.15, 0.2) is 12.4 Å². The fourth-order valence-electron chi connectivity index (χ4n) is 1.32. The summed E-state index contributed by atoms with van der Waals surface area (Å²) in [5, 5.41) is 17.6. The van der Waals surface area contributed by atoms with E-state index in [1.165, 1.54) is 6.20 Å². The number of aromatic nitrogens is 2. The molecular weight excluding hydrogens is 238 g/mol. The normalized spacial score (nSPS) is 11.8. The predicted molar refractivity (Wildman–Crippen MR) is 63.1 cm³/mol. The molecule has 1 aromatic heterocycles. The minimum atomic E-state index is -1.11. The van der Waals surface area contributed by atoms with E-state index in [0.717, 1.165) is 12.8 Å². The molecule has 0 spiro atoms. The van der Waals surface area contributed by atoms with Crippen molar-refractivity contribution >= 4 is 12.1 Å². The van der Waals surface area contributed by atoms with Crippen LogP contribution in [0.25, 0.3) is 0 Å². The zero-order chi connectivity index (χ0) is 13.4. The van der Waals surface area contributed by atoms with E-state index in [1.807, 2.05) is 6.92 Å². The standard InChI is InChI=1S/C11H17N3O4/c1-2-3-4-18-11(17)14-9(10(15)16)5-8-6-12-13-7-8/h6-7,9H,2-5H2,1H3,(H,12,13)(H,14,17)(H,15,16). The molecule has 1 rings (SSSR count). The Morgan fingerprint density at radius 3 is 2.94 bits per heavy atom. The first-order chi connectivity index (χ1) is 8.63. The number of hydrogen-bond donors (Lipinski definition) is 3. The molecule has 0 aliphatic rings. The summed E-state index contributed by atoms with van der Waals surface area (Å²) in [6, 6.07) is -1.02. The summed E-state index contributed by atoms with van der Waals surface area (Å²) in [5.41, 5.74) is 0.705. The summed E-state index contributed by atoms with van der Waals surface area (Å²) >= 11 is 0. The summed E-state index contributed by atoms with van der Waals surface area (Å²) in [6.07, 6.45) is 4.21. The number of nitrogens with one attached hydrogen (secondary N) is 2. The number of hydrogen-bond acceptors (Lipinski definition) is 4. The average molecular weight is 255 g/mol. The topological polar surface area (TPSA) is 104 Å². The maximum absolute atomic E-state index is 11.3. The molecule has 0 radical (unpaired) electrons. The highest BCUT2D eigenvalue weighted by atomic mass is 16.5. The molecule has 0 aliphatic heterocycles. The highest BCUT2D eigenvalue weighted by Crippen LogP contribution is 2.01. The van der Waals surface area contributed by atoms with Crippen LogP contribution in [0.2, 0.25) is 0 Å². The van der Waals surface area contributed by atoms with E-state index in [4.69, 9.17) is 9.84 Å². The van der Waals surface area contributed by atoms with Crippen LogP contribution in [0.4, 0.5) is 4.79 Å². The zero-order valence-corrected chi connectivity index (χ0v) is 10.2. The maximum atomic E-state index is 11.3. The molecule has 1 aromatic rings. The Hall–Kier alpha value is -2.05. The van der Waals surface area contributed by atoms with Crippen LogP contribution in [0.3, 0.4) is 0 Å². The zero-order valence-electron chi connectivity index (χ0n) is 10.2. The molecule has 0 aromatic carbocycles. The summed E-state index contributed by atoms with van der Waals surface area (Å²) in [6.45, 7) is 2.26. The van der Waals surface area contributed by atoms with Crippen molar-refractivity contribution < 1.29 is 19.4 Å². The lowest BCUT2D eigenvalue weighted by molar-refractivity contribution is -0.139. The second-order valence-corrected chi connectivity index (χ2v) is 3.84. The van der Waals surface area contributed by atoms with E-state index in [0.29, 0.717) is 12.2 Å². The molecule has 100 valence electrons. The fraction of sp³-hybridized carbons (Fsp3) is 0.545. The molecular formula is C11H17N3O4. The van der Waals surface area contributed by atoms with Crippen LogP contribution in [-0.2, 0) is 16.0 Å². The van der Waals surface area contributed by atoms with Gasteiger partial charge in [-0.1, -0.05) is 13.3 Å². The first-order valence-corrected chi connectivity index (χ1v) is 5.77. The van der Waals surface area contributed by atoms with Gasteiger partial charge in [-0.25, -0.2) is 9.59 Å². The second-order valence-electron chi connectivity index (χ2n) is 3.84. The number of carbonyl (C=O) groups excluding carboxylic acids is 1. The van der Waals surface area contributed by atoms with Crippen molar-refractivity contribution in [1.82, 2.24) is 15.5 Å². The number of unbranched alkanes of at least 4 members (excludes halogenated alkanes) is 1. The van der Waals surface area contributed by atoms with Crippen molar-refractivity contribution in [2.45, 2.75) is 32.2 Å². The summed E-state index contributed by atoms with van der Waals surface area (Å²) in [4.78, 5) is 22.3. The number of carboxylic acids is 1. The molecule has 7 heteroatoms. The van der Waals surface area contributed by atoms with Gasteiger partial charge in [-0.05, 0) is 12.0 Å². The Balaban J connectivity index is 2.42. The van der Waals surface area contributed by atoms with Gasteiger partial charge >= 0.3 is 12.1 Å². The molecule has 18 heavy (non-hydrogen) atoms. The highest BCUT2D eigenvalue weighted by Gasteiger charge is 2.21.